The second kappa shape index (κ2) is 15.4. The number of nitrogens with two attached hydrogens (primary N) is 3. The highest BCUT2D eigenvalue weighted by molar-refractivity contribution is 6.05. The largest absolute Gasteiger partial charge is 0.366 e. The standard InChI is InChI=1S/C24H40N4O3/c1-2-3-4-5-6-7-8-9-10-11-14-28-15-12-13-19-20(23(26)30)16-18(22(25)29)17-21(19)24(27)31/h16-17,28H,2-15H2,1H3,(H2,25,29)(H2,26,30)(H2,27,31). The molecular formula is C24H40N4O3. The zero-order valence-electron chi connectivity index (χ0n) is 19.0. The highest BCUT2D eigenvalue weighted by Crippen LogP contribution is 2.20. The van der Waals surface area contributed by atoms with Gasteiger partial charge < -0.3 is 22.5 Å². The Kier molecular flexibility index (Phi) is 13.2. The fourth-order valence-electron chi connectivity index (χ4n) is 3.78. The van der Waals surface area contributed by atoms with E-state index in [4.69, 9.17) is 17.2 Å². The van der Waals surface area contributed by atoms with Crippen LogP contribution >= 0.6 is 0 Å². The topological polar surface area (TPSA) is 141 Å². The van der Waals surface area contributed by atoms with Crippen LogP contribution in [0.3, 0.4) is 0 Å². The minimum absolute atomic E-state index is 0.0467. The monoisotopic (exact) mass is 432 g/mol. The van der Waals surface area contributed by atoms with Crippen LogP contribution in [0.2, 0.25) is 0 Å². The lowest BCUT2D eigenvalue weighted by Gasteiger charge is -2.13. The normalized spacial score (nSPS) is 10.9. The number of nitrogens with one attached hydrogen (secondary N) is 1. The van der Waals surface area contributed by atoms with Gasteiger partial charge in [0.25, 0.3) is 0 Å². The highest BCUT2D eigenvalue weighted by Gasteiger charge is 2.19. The Labute approximate surface area is 186 Å². The molecule has 1 rings (SSSR count). The molecule has 0 saturated heterocycles. The molecule has 0 aromatic heterocycles. The van der Waals surface area contributed by atoms with Crippen LogP contribution in [0.1, 0.15) is 114 Å². The molecule has 0 fully saturated rings. The summed E-state index contributed by atoms with van der Waals surface area (Å²) in [6.45, 7) is 3.95. The summed E-state index contributed by atoms with van der Waals surface area (Å²) in [6.07, 6.45) is 14.3. The zero-order chi connectivity index (χ0) is 23.1. The van der Waals surface area contributed by atoms with E-state index < -0.39 is 17.7 Å². The minimum Gasteiger partial charge on any atom is -0.366 e. The lowest BCUT2D eigenvalue weighted by atomic mass is 9.93. The van der Waals surface area contributed by atoms with E-state index in [0.717, 1.165) is 19.5 Å². The van der Waals surface area contributed by atoms with Crippen molar-refractivity contribution in [3.63, 3.8) is 0 Å². The molecule has 31 heavy (non-hydrogen) atoms. The number of rotatable bonds is 18. The molecule has 0 bridgehead atoms. The van der Waals surface area contributed by atoms with Crippen LogP contribution in [-0.4, -0.2) is 30.8 Å². The predicted octanol–water partition coefficient (Wildman–Crippen LogP) is 3.43. The van der Waals surface area contributed by atoms with Crippen LogP contribution in [0, 0.1) is 0 Å². The molecule has 174 valence electrons. The van der Waals surface area contributed by atoms with E-state index in [2.05, 4.69) is 12.2 Å². The average molecular weight is 433 g/mol. The fraction of sp³-hybridized carbons (Fsp3) is 0.625. The number of unbranched alkanes of at least 4 members (excludes halogenated alkanes) is 9. The van der Waals surface area contributed by atoms with E-state index in [-0.39, 0.29) is 16.7 Å². The molecule has 0 spiro atoms. The summed E-state index contributed by atoms with van der Waals surface area (Å²) >= 11 is 0. The first-order valence-corrected chi connectivity index (χ1v) is 11.7. The van der Waals surface area contributed by atoms with Crippen LogP contribution in [0.25, 0.3) is 0 Å². The van der Waals surface area contributed by atoms with Crippen molar-refractivity contribution in [3.05, 3.63) is 34.4 Å². The van der Waals surface area contributed by atoms with Gasteiger partial charge in [0.15, 0.2) is 0 Å². The smallest absolute Gasteiger partial charge is 0.249 e. The number of benzene rings is 1. The lowest BCUT2D eigenvalue weighted by Crippen LogP contribution is -2.24. The molecule has 3 amide bonds. The second-order valence-electron chi connectivity index (χ2n) is 8.18. The van der Waals surface area contributed by atoms with Crippen LogP contribution in [-0.2, 0) is 6.42 Å². The molecular weight excluding hydrogens is 392 g/mol. The summed E-state index contributed by atoms with van der Waals surface area (Å²) in [5.74, 6) is -2.16. The molecule has 7 N–H and O–H groups in total. The Morgan fingerprint density at radius 1 is 0.677 bits per heavy atom. The fourth-order valence-corrected chi connectivity index (χ4v) is 3.78. The van der Waals surface area contributed by atoms with Gasteiger partial charge in [0.05, 0.1) is 0 Å². The van der Waals surface area contributed by atoms with E-state index in [1.807, 2.05) is 0 Å². The first-order valence-electron chi connectivity index (χ1n) is 11.7. The van der Waals surface area contributed by atoms with Crippen molar-refractivity contribution in [1.29, 1.82) is 0 Å². The van der Waals surface area contributed by atoms with Crippen molar-refractivity contribution in [2.45, 2.75) is 84.0 Å². The van der Waals surface area contributed by atoms with Gasteiger partial charge in [-0.25, -0.2) is 0 Å². The zero-order valence-corrected chi connectivity index (χ0v) is 19.0. The van der Waals surface area contributed by atoms with E-state index in [9.17, 15) is 14.4 Å². The van der Waals surface area contributed by atoms with Crippen LogP contribution in [0.4, 0.5) is 0 Å². The molecule has 0 unspecified atom stereocenters. The average Bonchev–Trinajstić information content (AvgIpc) is 2.73. The number of carbonyl (C=O) groups excluding carboxylic acids is 3. The first-order chi connectivity index (χ1) is 14.9. The van der Waals surface area contributed by atoms with Gasteiger partial charge in [-0.3, -0.25) is 14.4 Å². The van der Waals surface area contributed by atoms with Gasteiger partial charge in [-0.15, -0.1) is 0 Å². The van der Waals surface area contributed by atoms with E-state index in [0.29, 0.717) is 18.4 Å². The minimum atomic E-state index is -0.741. The molecule has 7 heteroatoms. The SMILES string of the molecule is CCCCCCCCCCCCNCCCc1c(C(N)=O)cc(C(N)=O)cc1C(N)=O. The van der Waals surface area contributed by atoms with Gasteiger partial charge in [-0.1, -0.05) is 64.7 Å². The van der Waals surface area contributed by atoms with Gasteiger partial charge in [-0.05, 0) is 50.0 Å². The first kappa shape index (κ1) is 26.6. The molecule has 7 nitrogen and oxygen atoms in total. The van der Waals surface area contributed by atoms with Gasteiger partial charge in [-0.2, -0.15) is 0 Å². The van der Waals surface area contributed by atoms with Crippen molar-refractivity contribution in [2.75, 3.05) is 13.1 Å². The van der Waals surface area contributed by atoms with Gasteiger partial charge in [0, 0.05) is 16.7 Å². The summed E-state index contributed by atoms with van der Waals surface area (Å²) in [6, 6.07) is 2.67. The number of hydrogen-bond acceptors (Lipinski definition) is 4. The summed E-state index contributed by atoms with van der Waals surface area (Å²) in [5.41, 5.74) is 16.9. The van der Waals surface area contributed by atoms with Gasteiger partial charge in [0.1, 0.15) is 0 Å². The summed E-state index contributed by atoms with van der Waals surface area (Å²) in [7, 11) is 0. The third-order valence-electron chi connectivity index (χ3n) is 5.55. The molecule has 0 aliphatic carbocycles. The van der Waals surface area contributed by atoms with Crippen molar-refractivity contribution in [2.24, 2.45) is 17.2 Å². The lowest BCUT2D eigenvalue weighted by molar-refractivity contribution is 0.0998. The van der Waals surface area contributed by atoms with E-state index in [1.165, 1.54) is 69.9 Å². The quantitative estimate of drug-likeness (QED) is 0.264. The van der Waals surface area contributed by atoms with Crippen molar-refractivity contribution < 1.29 is 14.4 Å². The maximum absolute atomic E-state index is 11.8. The van der Waals surface area contributed by atoms with Gasteiger partial charge in [0.2, 0.25) is 17.7 Å². The maximum atomic E-state index is 11.8. The van der Waals surface area contributed by atoms with Crippen molar-refractivity contribution in [1.82, 2.24) is 5.32 Å². The van der Waals surface area contributed by atoms with Crippen molar-refractivity contribution in [3.8, 4) is 0 Å². The number of primary amides is 3. The molecule has 0 aliphatic heterocycles. The van der Waals surface area contributed by atoms with Crippen LogP contribution in [0.5, 0.6) is 0 Å². The molecule has 0 radical (unpaired) electrons. The molecule has 0 atom stereocenters. The summed E-state index contributed by atoms with van der Waals surface area (Å²) in [5, 5.41) is 3.40. The van der Waals surface area contributed by atoms with Crippen LogP contribution < -0.4 is 22.5 Å². The van der Waals surface area contributed by atoms with Gasteiger partial charge >= 0.3 is 0 Å². The molecule has 0 saturated carbocycles. The van der Waals surface area contributed by atoms with Crippen molar-refractivity contribution >= 4 is 17.7 Å². The molecule has 1 aromatic carbocycles. The van der Waals surface area contributed by atoms with Crippen LogP contribution in [0.15, 0.2) is 12.1 Å². The Morgan fingerprint density at radius 2 is 1.13 bits per heavy atom. The summed E-state index contributed by atoms with van der Waals surface area (Å²) in [4.78, 5) is 35.1. The number of hydrogen-bond donors (Lipinski definition) is 4. The molecule has 1 aromatic rings. The maximum Gasteiger partial charge on any atom is 0.249 e. The Balaban J connectivity index is 2.32. The number of amides is 3. The Bertz CT molecular complexity index is 684. The summed E-state index contributed by atoms with van der Waals surface area (Å²) < 4.78 is 0. The van der Waals surface area contributed by atoms with E-state index >= 15 is 0 Å². The highest BCUT2D eigenvalue weighted by atomic mass is 16.2. The number of carbonyl (C=O) groups is 3. The molecule has 0 aliphatic rings. The Morgan fingerprint density at radius 3 is 1.58 bits per heavy atom. The Hall–Kier alpha value is -2.41. The molecule has 0 heterocycles. The second-order valence-corrected chi connectivity index (χ2v) is 8.18. The third-order valence-corrected chi connectivity index (χ3v) is 5.55. The third kappa shape index (κ3) is 10.4. The predicted molar refractivity (Wildman–Crippen MR) is 125 cm³/mol. The van der Waals surface area contributed by atoms with E-state index in [1.54, 1.807) is 0 Å².